The SMILES string of the molecule is C=C=C(CN)c1ccc(O)c(O)c1. The maximum atomic E-state index is 9.19. The minimum Gasteiger partial charge on any atom is -0.504 e. The molecule has 3 heteroatoms. The standard InChI is InChI=1S/C10H11NO2/c1-2-7(6-11)8-3-4-9(12)10(13)5-8/h3-5,12-13H,1,6,11H2. The van der Waals surface area contributed by atoms with Crippen LogP contribution in [0.1, 0.15) is 5.56 Å². The Morgan fingerprint density at radius 3 is 2.54 bits per heavy atom. The van der Waals surface area contributed by atoms with E-state index in [0.29, 0.717) is 17.7 Å². The Bertz CT molecular complexity index is 365. The fourth-order valence-electron chi connectivity index (χ4n) is 1.00. The van der Waals surface area contributed by atoms with E-state index >= 15 is 0 Å². The van der Waals surface area contributed by atoms with E-state index in [2.05, 4.69) is 12.3 Å². The monoisotopic (exact) mass is 177 g/mol. The Labute approximate surface area is 76.4 Å². The van der Waals surface area contributed by atoms with E-state index in [4.69, 9.17) is 10.8 Å². The number of rotatable bonds is 2. The van der Waals surface area contributed by atoms with Crippen molar-refractivity contribution < 1.29 is 10.2 Å². The van der Waals surface area contributed by atoms with Gasteiger partial charge in [0.25, 0.3) is 0 Å². The number of hydrogen-bond acceptors (Lipinski definition) is 3. The van der Waals surface area contributed by atoms with Crippen LogP contribution in [0, 0.1) is 0 Å². The van der Waals surface area contributed by atoms with Gasteiger partial charge in [0.1, 0.15) is 0 Å². The summed E-state index contributed by atoms with van der Waals surface area (Å²) >= 11 is 0. The Balaban J connectivity index is 3.17. The van der Waals surface area contributed by atoms with Crippen LogP contribution >= 0.6 is 0 Å². The van der Waals surface area contributed by atoms with E-state index in [1.165, 1.54) is 12.1 Å². The number of hydrogen-bond donors (Lipinski definition) is 3. The van der Waals surface area contributed by atoms with E-state index in [9.17, 15) is 5.11 Å². The van der Waals surface area contributed by atoms with Crippen LogP contribution < -0.4 is 5.73 Å². The summed E-state index contributed by atoms with van der Waals surface area (Å²) in [5, 5.41) is 18.2. The van der Waals surface area contributed by atoms with E-state index in [1.54, 1.807) is 6.07 Å². The maximum absolute atomic E-state index is 9.19. The highest BCUT2D eigenvalue weighted by Crippen LogP contribution is 2.27. The van der Waals surface area contributed by atoms with Gasteiger partial charge in [-0.3, -0.25) is 0 Å². The van der Waals surface area contributed by atoms with Crippen LogP contribution in [0.25, 0.3) is 5.57 Å². The lowest BCUT2D eigenvalue weighted by atomic mass is 10.1. The van der Waals surface area contributed by atoms with Crippen molar-refractivity contribution in [3.8, 4) is 11.5 Å². The molecule has 0 amide bonds. The second kappa shape index (κ2) is 3.81. The van der Waals surface area contributed by atoms with Crippen LogP contribution in [0.5, 0.6) is 11.5 Å². The summed E-state index contributed by atoms with van der Waals surface area (Å²) in [4.78, 5) is 0. The van der Waals surface area contributed by atoms with Gasteiger partial charge < -0.3 is 15.9 Å². The topological polar surface area (TPSA) is 66.5 Å². The Hall–Kier alpha value is -1.70. The first-order chi connectivity index (χ1) is 6.19. The van der Waals surface area contributed by atoms with Crippen molar-refractivity contribution in [3.63, 3.8) is 0 Å². The second-order valence-corrected chi connectivity index (χ2v) is 2.56. The molecule has 0 aliphatic carbocycles. The van der Waals surface area contributed by atoms with Gasteiger partial charge in [0, 0.05) is 12.1 Å². The zero-order valence-electron chi connectivity index (χ0n) is 7.12. The summed E-state index contributed by atoms with van der Waals surface area (Å²) in [5.41, 5.74) is 9.50. The largest absolute Gasteiger partial charge is 0.504 e. The van der Waals surface area contributed by atoms with Gasteiger partial charge >= 0.3 is 0 Å². The van der Waals surface area contributed by atoms with Crippen LogP contribution in [0.4, 0.5) is 0 Å². The smallest absolute Gasteiger partial charge is 0.158 e. The lowest BCUT2D eigenvalue weighted by Gasteiger charge is -2.03. The number of aromatic hydroxyl groups is 2. The van der Waals surface area contributed by atoms with Crippen molar-refractivity contribution in [2.75, 3.05) is 6.54 Å². The normalized spacial score (nSPS) is 9.31. The first-order valence-corrected chi connectivity index (χ1v) is 3.80. The summed E-state index contributed by atoms with van der Waals surface area (Å²) in [6.45, 7) is 3.77. The zero-order chi connectivity index (χ0) is 9.84. The molecule has 0 heterocycles. The summed E-state index contributed by atoms with van der Waals surface area (Å²) < 4.78 is 0. The third-order valence-corrected chi connectivity index (χ3v) is 1.74. The molecule has 0 spiro atoms. The van der Waals surface area contributed by atoms with Gasteiger partial charge in [-0.2, -0.15) is 0 Å². The first-order valence-electron chi connectivity index (χ1n) is 3.80. The van der Waals surface area contributed by atoms with Crippen LogP contribution in [0.15, 0.2) is 30.5 Å². The fourth-order valence-corrected chi connectivity index (χ4v) is 1.00. The summed E-state index contributed by atoms with van der Waals surface area (Å²) in [6.07, 6.45) is 0. The molecule has 0 aliphatic rings. The molecule has 0 saturated carbocycles. The highest BCUT2D eigenvalue weighted by Gasteiger charge is 2.03. The molecule has 0 fully saturated rings. The minimum absolute atomic E-state index is 0.149. The van der Waals surface area contributed by atoms with E-state index in [1.807, 2.05) is 0 Å². The van der Waals surface area contributed by atoms with Crippen molar-refractivity contribution in [2.45, 2.75) is 0 Å². The summed E-state index contributed by atoms with van der Waals surface area (Å²) in [7, 11) is 0. The quantitative estimate of drug-likeness (QED) is 0.470. The van der Waals surface area contributed by atoms with Gasteiger partial charge in [-0.05, 0) is 17.7 Å². The van der Waals surface area contributed by atoms with Gasteiger partial charge in [0.05, 0.1) is 0 Å². The van der Waals surface area contributed by atoms with Gasteiger partial charge in [0.2, 0.25) is 0 Å². The Morgan fingerprint density at radius 1 is 1.38 bits per heavy atom. The van der Waals surface area contributed by atoms with Crippen molar-refractivity contribution in [1.82, 2.24) is 0 Å². The van der Waals surface area contributed by atoms with E-state index in [0.717, 1.165) is 0 Å². The van der Waals surface area contributed by atoms with Crippen molar-refractivity contribution in [3.05, 3.63) is 36.1 Å². The average molecular weight is 177 g/mol. The zero-order valence-corrected chi connectivity index (χ0v) is 7.12. The first kappa shape index (κ1) is 9.39. The second-order valence-electron chi connectivity index (χ2n) is 2.56. The fraction of sp³-hybridized carbons (Fsp3) is 0.100. The lowest BCUT2D eigenvalue weighted by Crippen LogP contribution is -2.00. The molecule has 0 unspecified atom stereocenters. The molecule has 68 valence electrons. The molecular formula is C10H11NO2. The molecule has 0 aromatic heterocycles. The molecule has 0 bridgehead atoms. The van der Waals surface area contributed by atoms with Crippen molar-refractivity contribution in [1.29, 1.82) is 0 Å². The molecular weight excluding hydrogens is 166 g/mol. The van der Waals surface area contributed by atoms with Crippen LogP contribution in [0.3, 0.4) is 0 Å². The predicted octanol–water partition coefficient (Wildman–Crippen LogP) is 1.22. The highest BCUT2D eigenvalue weighted by molar-refractivity contribution is 5.68. The van der Waals surface area contributed by atoms with E-state index in [-0.39, 0.29) is 11.5 Å². The third-order valence-electron chi connectivity index (χ3n) is 1.74. The van der Waals surface area contributed by atoms with Crippen LogP contribution in [-0.4, -0.2) is 16.8 Å². The molecule has 1 aromatic carbocycles. The predicted molar refractivity (Wildman–Crippen MR) is 51.4 cm³/mol. The Morgan fingerprint density at radius 2 is 2.08 bits per heavy atom. The van der Waals surface area contributed by atoms with Gasteiger partial charge in [-0.15, -0.1) is 5.73 Å². The van der Waals surface area contributed by atoms with Crippen molar-refractivity contribution in [2.24, 2.45) is 5.73 Å². The molecule has 0 atom stereocenters. The minimum atomic E-state index is -0.168. The lowest BCUT2D eigenvalue weighted by molar-refractivity contribution is 0.403. The maximum Gasteiger partial charge on any atom is 0.158 e. The summed E-state index contributed by atoms with van der Waals surface area (Å²) in [5.74, 6) is -0.317. The molecule has 1 rings (SSSR count). The molecule has 3 nitrogen and oxygen atoms in total. The molecule has 4 N–H and O–H groups in total. The average Bonchev–Trinajstić information content (AvgIpc) is 2.13. The van der Waals surface area contributed by atoms with Crippen LogP contribution in [-0.2, 0) is 0 Å². The third kappa shape index (κ3) is 1.90. The van der Waals surface area contributed by atoms with Gasteiger partial charge in [-0.1, -0.05) is 12.6 Å². The van der Waals surface area contributed by atoms with Crippen LogP contribution in [0.2, 0.25) is 0 Å². The molecule has 0 saturated heterocycles. The van der Waals surface area contributed by atoms with Gasteiger partial charge in [-0.25, -0.2) is 0 Å². The molecule has 1 aromatic rings. The van der Waals surface area contributed by atoms with E-state index < -0.39 is 0 Å². The number of phenolic OH excluding ortho intramolecular Hbond substituents is 2. The number of nitrogens with two attached hydrogens (primary N) is 1. The number of phenols is 2. The highest BCUT2D eigenvalue weighted by atomic mass is 16.3. The molecule has 0 radical (unpaired) electrons. The Kier molecular flexibility index (Phi) is 2.75. The molecule has 0 aliphatic heterocycles. The molecule has 13 heavy (non-hydrogen) atoms. The van der Waals surface area contributed by atoms with Crippen molar-refractivity contribution >= 4 is 5.57 Å². The summed E-state index contributed by atoms with van der Waals surface area (Å²) in [6, 6.07) is 4.47. The van der Waals surface area contributed by atoms with Gasteiger partial charge in [0.15, 0.2) is 11.5 Å². The number of benzene rings is 1.